The highest BCUT2D eigenvalue weighted by Crippen LogP contribution is 2.40. The van der Waals surface area contributed by atoms with Crippen LogP contribution in [0.5, 0.6) is 0 Å². The first-order valence-electron chi connectivity index (χ1n) is 5.99. The van der Waals surface area contributed by atoms with Crippen LogP contribution in [-0.4, -0.2) is 5.75 Å². The average Bonchev–Trinajstić information content (AvgIpc) is 2.33. The first-order valence-corrected chi connectivity index (χ1v) is 7.77. The van der Waals surface area contributed by atoms with Gasteiger partial charge in [-0.15, -0.1) is 11.8 Å². The number of thioether (sulfide) groups is 1. The molecule has 18 heavy (non-hydrogen) atoms. The van der Waals surface area contributed by atoms with Crippen LogP contribution in [0.2, 0.25) is 0 Å². The second-order valence-electron chi connectivity index (χ2n) is 4.60. The number of anilines is 1. The molecule has 1 unspecified atom stereocenters. The van der Waals surface area contributed by atoms with E-state index in [4.69, 9.17) is 5.73 Å². The van der Waals surface area contributed by atoms with Gasteiger partial charge in [0.1, 0.15) is 0 Å². The minimum atomic E-state index is 0.704. The summed E-state index contributed by atoms with van der Waals surface area (Å²) in [6.45, 7) is 0. The number of halogens is 1. The molecule has 1 aliphatic rings. The summed E-state index contributed by atoms with van der Waals surface area (Å²) in [6.07, 6.45) is 1.22. The molecule has 0 saturated heterocycles. The van der Waals surface area contributed by atoms with Crippen LogP contribution >= 0.6 is 27.7 Å². The van der Waals surface area contributed by atoms with Gasteiger partial charge >= 0.3 is 0 Å². The van der Waals surface area contributed by atoms with E-state index in [1.807, 2.05) is 23.9 Å². The van der Waals surface area contributed by atoms with E-state index in [0.29, 0.717) is 5.92 Å². The Labute approximate surface area is 120 Å². The summed E-state index contributed by atoms with van der Waals surface area (Å²) in [5, 5.41) is 0. The number of rotatable bonds is 3. The normalized spacial score (nSPS) is 17.1. The zero-order valence-corrected chi connectivity index (χ0v) is 12.3. The SMILES string of the molecule is Nc1ccc(SCC2Cc3ccccc32)c(Br)c1. The Kier molecular flexibility index (Phi) is 3.35. The van der Waals surface area contributed by atoms with Crippen LogP contribution in [0.25, 0.3) is 0 Å². The smallest absolute Gasteiger partial charge is 0.0331 e. The molecule has 0 amide bonds. The molecule has 92 valence electrons. The molecule has 0 fully saturated rings. The van der Waals surface area contributed by atoms with Crippen LogP contribution in [0.15, 0.2) is 51.8 Å². The molecule has 2 aromatic rings. The fraction of sp³-hybridized carbons (Fsp3) is 0.200. The van der Waals surface area contributed by atoms with E-state index in [1.54, 1.807) is 0 Å². The van der Waals surface area contributed by atoms with Crippen molar-refractivity contribution in [2.24, 2.45) is 0 Å². The maximum absolute atomic E-state index is 5.74. The van der Waals surface area contributed by atoms with E-state index in [2.05, 4.69) is 46.3 Å². The predicted octanol–water partition coefficient (Wildman–Crippen LogP) is 4.46. The second kappa shape index (κ2) is 4.98. The van der Waals surface area contributed by atoms with Gasteiger partial charge < -0.3 is 5.73 Å². The Balaban J connectivity index is 1.66. The van der Waals surface area contributed by atoms with Crippen molar-refractivity contribution >= 4 is 33.4 Å². The lowest BCUT2D eigenvalue weighted by Crippen LogP contribution is -2.18. The van der Waals surface area contributed by atoms with Gasteiger partial charge in [-0.1, -0.05) is 24.3 Å². The Morgan fingerprint density at radius 2 is 2.06 bits per heavy atom. The predicted molar refractivity (Wildman–Crippen MR) is 82.2 cm³/mol. The van der Waals surface area contributed by atoms with Gasteiger partial charge in [0.2, 0.25) is 0 Å². The van der Waals surface area contributed by atoms with Crippen molar-refractivity contribution in [3.05, 3.63) is 58.1 Å². The van der Waals surface area contributed by atoms with E-state index in [-0.39, 0.29) is 0 Å². The highest BCUT2D eigenvalue weighted by atomic mass is 79.9. The van der Waals surface area contributed by atoms with Gasteiger partial charge in [-0.05, 0) is 57.6 Å². The van der Waals surface area contributed by atoms with Crippen LogP contribution in [0, 0.1) is 0 Å². The Morgan fingerprint density at radius 1 is 1.22 bits per heavy atom. The van der Waals surface area contributed by atoms with E-state index in [0.717, 1.165) is 15.9 Å². The molecule has 2 aromatic carbocycles. The fourth-order valence-electron chi connectivity index (χ4n) is 2.34. The minimum absolute atomic E-state index is 0.704. The lowest BCUT2D eigenvalue weighted by molar-refractivity contribution is 0.677. The molecular formula is C15H14BrNS. The van der Waals surface area contributed by atoms with Gasteiger partial charge in [0.15, 0.2) is 0 Å². The Hall–Kier alpha value is -0.930. The van der Waals surface area contributed by atoms with Crippen LogP contribution in [0.1, 0.15) is 17.0 Å². The number of nitrogen functional groups attached to an aromatic ring is 1. The summed E-state index contributed by atoms with van der Waals surface area (Å²) < 4.78 is 1.10. The fourth-order valence-corrected chi connectivity index (χ4v) is 4.12. The number of hydrogen-bond donors (Lipinski definition) is 1. The van der Waals surface area contributed by atoms with E-state index in [1.165, 1.54) is 22.4 Å². The number of benzene rings is 2. The molecule has 3 rings (SSSR count). The number of nitrogens with two attached hydrogens (primary N) is 1. The lowest BCUT2D eigenvalue weighted by Gasteiger charge is -2.29. The molecule has 0 spiro atoms. The molecule has 1 atom stereocenters. The van der Waals surface area contributed by atoms with Gasteiger partial charge in [-0.25, -0.2) is 0 Å². The second-order valence-corrected chi connectivity index (χ2v) is 6.52. The maximum Gasteiger partial charge on any atom is 0.0331 e. The van der Waals surface area contributed by atoms with Gasteiger partial charge in [0.05, 0.1) is 0 Å². The molecule has 3 heteroatoms. The summed E-state index contributed by atoms with van der Waals surface area (Å²) in [5.74, 6) is 1.84. The van der Waals surface area contributed by atoms with Crippen molar-refractivity contribution in [1.29, 1.82) is 0 Å². The zero-order chi connectivity index (χ0) is 12.5. The third-order valence-electron chi connectivity index (χ3n) is 3.36. The molecule has 0 bridgehead atoms. The third-order valence-corrected chi connectivity index (χ3v) is 5.51. The molecule has 0 aromatic heterocycles. The van der Waals surface area contributed by atoms with Gasteiger partial charge in [0, 0.05) is 20.8 Å². The highest BCUT2D eigenvalue weighted by molar-refractivity contribution is 9.10. The molecule has 0 aliphatic heterocycles. The number of hydrogen-bond acceptors (Lipinski definition) is 2. The van der Waals surface area contributed by atoms with Crippen LogP contribution < -0.4 is 5.73 Å². The van der Waals surface area contributed by atoms with Crippen molar-refractivity contribution in [3.63, 3.8) is 0 Å². The molecule has 0 heterocycles. The standard InChI is InChI=1S/C15H14BrNS/c16-14-8-12(17)5-6-15(14)18-9-11-7-10-3-1-2-4-13(10)11/h1-6,8,11H,7,9,17H2. The van der Waals surface area contributed by atoms with Crippen molar-refractivity contribution in [2.45, 2.75) is 17.2 Å². The zero-order valence-electron chi connectivity index (χ0n) is 9.90. The van der Waals surface area contributed by atoms with Crippen LogP contribution in [0.3, 0.4) is 0 Å². The summed E-state index contributed by atoms with van der Waals surface area (Å²) >= 11 is 5.47. The highest BCUT2D eigenvalue weighted by Gasteiger charge is 2.25. The van der Waals surface area contributed by atoms with Gasteiger partial charge in [0.25, 0.3) is 0 Å². The van der Waals surface area contributed by atoms with E-state index in [9.17, 15) is 0 Å². The Morgan fingerprint density at radius 3 is 2.83 bits per heavy atom. The van der Waals surface area contributed by atoms with Crippen LogP contribution in [-0.2, 0) is 6.42 Å². The summed E-state index contributed by atoms with van der Waals surface area (Å²) in [4.78, 5) is 1.27. The summed E-state index contributed by atoms with van der Waals surface area (Å²) in [7, 11) is 0. The Bertz CT molecular complexity index is 582. The van der Waals surface area contributed by atoms with E-state index >= 15 is 0 Å². The molecular weight excluding hydrogens is 306 g/mol. The average molecular weight is 320 g/mol. The van der Waals surface area contributed by atoms with Crippen LogP contribution in [0.4, 0.5) is 5.69 Å². The first kappa shape index (κ1) is 12.1. The van der Waals surface area contributed by atoms with E-state index < -0.39 is 0 Å². The largest absolute Gasteiger partial charge is 0.399 e. The molecule has 1 nitrogen and oxygen atoms in total. The molecule has 0 saturated carbocycles. The molecule has 2 N–H and O–H groups in total. The molecule has 0 radical (unpaired) electrons. The minimum Gasteiger partial charge on any atom is -0.399 e. The third kappa shape index (κ3) is 2.29. The topological polar surface area (TPSA) is 26.0 Å². The van der Waals surface area contributed by atoms with Crippen molar-refractivity contribution in [2.75, 3.05) is 11.5 Å². The summed E-state index contributed by atoms with van der Waals surface area (Å²) in [6, 6.07) is 14.8. The maximum atomic E-state index is 5.74. The van der Waals surface area contributed by atoms with Crippen molar-refractivity contribution < 1.29 is 0 Å². The van der Waals surface area contributed by atoms with Crippen molar-refractivity contribution in [1.82, 2.24) is 0 Å². The molecule has 1 aliphatic carbocycles. The quantitative estimate of drug-likeness (QED) is 0.667. The summed E-state index contributed by atoms with van der Waals surface area (Å²) in [5.41, 5.74) is 9.59. The lowest BCUT2D eigenvalue weighted by atomic mass is 9.79. The van der Waals surface area contributed by atoms with Gasteiger partial charge in [-0.2, -0.15) is 0 Å². The van der Waals surface area contributed by atoms with Gasteiger partial charge in [-0.3, -0.25) is 0 Å². The first-order chi connectivity index (χ1) is 8.74. The van der Waals surface area contributed by atoms with Crippen molar-refractivity contribution in [3.8, 4) is 0 Å². The number of fused-ring (bicyclic) bond motifs is 1. The monoisotopic (exact) mass is 319 g/mol.